The molecular weight excluding hydrogens is 270 g/mol. The zero-order valence-corrected chi connectivity index (χ0v) is 13.5. The largest absolute Gasteiger partial charge is 0.308 e. The fourth-order valence-corrected chi connectivity index (χ4v) is 3.67. The van der Waals surface area contributed by atoms with Crippen LogP contribution >= 0.6 is 0 Å². The van der Waals surface area contributed by atoms with E-state index in [1.165, 1.54) is 11.1 Å². The molecule has 4 heteroatoms. The van der Waals surface area contributed by atoms with Crippen molar-refractivity contribution in [3.05, 3.63) is 35.4 Å². The molecule has 1 aromatic carbocycles. The molecule has 0 spiro atoms. The van der Waals surface area contributed by atoms with E-state index in [0.29, 0.717) is 6.54 Å². The third-order valence-corrected chi connectivity index (χ3v) is 6.09. The highest BCUT2D eigenvalue weighted by molar-refractivity contribution is 7.91. The summed E-state index contributed by atoms with van der Waals surface area (Å²) in [6.07, 6.45) is 2.23. The minimum absolute atomic E-state index is 0.157. The minimum Gasteiger partial charge on any atom is -0.308 e. The number of benzene rings is 1. The summed E-state index contributed by atoms with van der Waals surface area (Å²) in [7, 11) is -2.90. The van der Waals surface area contributed by atoms with Gasteiger partial charge in [-0.3, -0.25) is 0 Å². The van der Waals surface area contributed by atoms with Crippen LogP contribution in [0.3, 0.4) is 0 Å². The molecule has 0 fully saturated rings. The number of fused-ring (bicyclic) bond motifs is 1. The lowest BCUT2D eigenvalue weighted by Crippen LogP contribution is -2.40. The van der Waals surface area contributed by atoms with E-state index in [4.69, 9.17) is 0 Å². The zero-order valence-electron chi connectivity index (χ0n) is 12.6. The Bertz CT molecular complexity index is 564. The van der Waals surface area contributed by atoms with Crippen LogP contribution in [0.25, 0.3) is 0 Å². The highest BCUT2D eigenvalue weighted by Crippen LogP contribution is 2.43. The monoisotopic (exact) mass is 295 g/mol. The van der Waals surface area contributed by atoms with Gasteiger partial charge in [0.2, 0.25) is 0 Å². The molecule has 20 heavy (non-hydrogen) atoms. The van der Waals surface area contributed by atoms with Crippen LogP contribution in [0.2, 0.25) is 0 Å². The molecule has 2 rings (SSSR count). The van der Waals surface area contributed by atoms with E-state index in [9.17, 15) is 8.42 Å². The molecule has 1 aliphatic carbocycles. The third-order valence-electron chi connectivity index (χ3n) is 4.39. The predicted octanol–water partition coefficient (Wildman–Crippen LogP) is 2.72. The van der Waals surface area contributed by atoms with Crippen molar-refractivity contribution in [3.8, 4) is 0 Å². The maximum absolute atomic E-state index is 11.6. The smallest absolute Gasteiger partial charge is 0.151 e. The molecule has 0 heterocycles. The summed E-state index contributed by atoms with van der Waals surface area (Å²) in [5, 5.41) is 3.48. The molecular formula is C16H25NO2S. The lowest BCUT2D eigenvalue weighted by molar-refractivity contribution is 0.212. The number of sulfone groups is 1. The van der Waals surface area contributed by atoms with Crippen LogP contribution < -0.4 is 5.32 Å². The van der Waals surface area contributed by atoms with E-state index in [-0.39, 0.29) is 23.0 Å². The summed E-state index contributed by atoms with van der Waals surface area (Å²) in [5.41, 5.74) is 2.88. The highest BCUT2D eigenvalue weighted by atomic mass is 32.2. The van der Waals surface area contributed by atoms with E-state index < -0.39 is 9.84 Å². The Morgan fingerprint density at radius 2 is 2.00 bits per heavy atom. The second-order valence-corrected chi connectivity index (χ2v) is 8.78. The van der Waals surface area contributed by atoms with Crippen molar-refractivity contribution in [2.45, 2.75) is 39.7 Å². The van der Waals surface area contributed by atoms with Crippen molar-refractivity contribution in [3.63, 3.8) is 0 Å². The van der Waals surface area contributed by atoms with Crippen LogP contribution in [0.5, 0.6) is 0 Å². The Hall–Kier alpha value is -0.870. The van der Waals surface area contributed by atoms with E-state index in [1.54, 1.807) is 6.92 Å². The van der Waals surface area contributed by atoms with Gasteiger partial charge in [-0.15, -0.1) is 0 Å². The first kappa shape index (κ1) is 15.5. The van der Waals surface area contributed by atoms with Crippen LogP contribution in [0.15, 0.2) is 24.3 Å². The number of hydrogen-bond donors (Lipinski definition) is 1. The lowest BCUT2D eigenvalue weighted by atomic mass is 9.70. The molecule has 1 aromatic rings. The first-order valence-electron chi connectivity index (χ1n) is 7.37. The second-order valence-electron chi connectivity index (χ2n) is 6.31. The van der Waals surface area contributed by atoms with E-state index in [1.807, 2.05) is 0 Å². The topological polar surface area (TPSA) is 46.2 Å². The number of hydrogen-bond acceptors (Lipinski definition) is 3. The molecule has 0 bridgehead atoms. The summed E-state index contributed by atoms with van der Waals surface area (Å²) >= 11 is 0. The average molecular weight is 295 g/mol. The van der Waals surface area contributed by atoms with Crippen molar-refractivity contribution in [2.24, 2.45) is 5.41 Å². The van der Waals surface area contributed by atoms with Crippen molar-refractivity contribution in [2.75, 3.05) is 18.1 Å². The van der Waals surface area contributed by atoms with Gasteiger partial charge in [0.05, 0.1) is 5.75 Å². The Morgan fingerprint density at radius 1 is 1.30 bits per heavy atom. The molecule has 0 saturated heterocycles. The highest BCUT2D eigenvalue weighted by Gasteiger charge is 2.35. The molecule has 1 unspecified atom stereocenters. The van der Waals surface area contributed by atoms with E-state index in [0.717, 1.165) is 12.8 Å². The maximum Gasteiger partial charge on any atom is 0.151 e. The Kier molecular flexibility index (Phi) is 4.55. The minimum atomic E-state index is -2.90. The van der Waals surface area contributed by atoms with Gasteiger partial charge in [-0.25, -0.2) is 8.42 Å². The second kappa shape index (κ2) is 5.86. The van der Waals surface area contributed by atoms with Gasteiger partial charge in [0.1, 0.15) is 0 Å². The van der Waals surface area contributed by atoms with Crippen LogP contribution in [0, 0.1) is 5.41 Å². The van der Waals surface area contributed by atoms with Gasteiger partial charge in [-0.05, 0) is 29.4 Å². The van der Waals surface area contributed by atoms with Gasteiger partial charge >= 0.3 is 0 Å². The SMILES string of the molecule is CCS(=O)(=O)CCNC1c2ccccc2CCC1(C)C. The van der Waals surface area contributed by atoms with Crippen LogP contribution in [0.1, 0.15) is 44.4 Å². The summed E-state index contributed by atoms with van der Waals surface area (Å²) in [5.74, 6) is 0.442. The predicted molar refractivity (Wildman–Crippen MR) is 83.6 cm³/mol. The first-order chi connectivity index (χ1) is 9.36. The van der Waals surface area contributed by atoms with Crippen LogP contribution in [-0.4, -0.2) is 26.5 Å². The van der Waals surface area contributed by atoms with Crippen molar-refractivity contribution >= 4 is 9.84 Å². The number of rotatable bonds is 5. The van der Waals surface area contributed by atoms with Crippen LogP contribution in [-0.2, 0) is 16.3 Å². The summed E-state index contributed by atoms with van der Waals surface area (Å²) in [4.78, 5) is 0. The Morgan fingerprint density at radius 3 is 2.70 bits per heavy atom. The summed E-state index contributed by atoms with van der Waals surface area (Å²) in [6.45, 7) is 6.75. The van der Waals surface area contributed by atoms with E-state index >= 15 is 0 Å². The maximum atomic E-state index is 11.6. The molecule has 3 nitrogen and oxygen atoms in total. The van der Waals surface area contributed by atoms with Crippen molar-refractivity contribution < 1.29 is 8.42 Å². The molecule has 1 N–H and O–H groups in total. The molecule has 0 saturated carbocycles. The van der Waals surface area contributed by atoms with Crippen molar-refractivity contribution in [1.82, 2.24) is 5.32 Å². The van der Waals surface area contributed by atoms with Gasteiger partial charge in [0.25, 0.3) is 0 Å². The van der Waals surface area contributed by atoms with Gasteiger partial charge in [-0.2, -0.15) is 0 Å². The fourth-order valence-electron chi connectivity index (χ4n) is 2.95. The molecule has 0 aromatic heterocycles. The fraction of sp³-hybridized carbons (Fsp3) is 0.625. The quantitative estimate of drug-likeness (QED) is 0.908. The average Bonchev–Trinajstić information content (AvgIpc) is 2.41. The first-order valence-corrected chi connectivity index (χ1v) is 9.19. The zero-order chi connectivity index (χ0) is 14.8. The number of nitrogens with one attached hydrogen (secondary N) is 1. The molecule has 1 aliphatic rings. The Labute approximate surface area is 122 Å². The van der Waals surface area contributed by atoms with E-state index in [2.05, 4.69) is 43.4 Å². The third kappa shape index (κ3) is 3.41. The number of aryl methyl sites for hydroxylation is 1. The molecule has 112 valence electrons. The molecule has 1 atom stereocenters. The van der Waals surface area contributed by atoms with Crippen LogP contribution in [0.4, 0.5) is 0 Å². The summed E-state index contributed by atoms with van der Waals surface area (Å²) < 4.78 is 23.2. The van der Waals surface area contributed by atoms with Gasteiger partial charge in [-0.1, -0.05) is 45.0 Å². The van der Waals surface area contributed by atoms with Crippen molar-refractivity contribution in [1.29, 1.82) is 0 Å². The molecule has 0 aliphatic heterocycles. The lowest BCUT2D eigenvalue weighted by Gasteiger charge is -2.40. The Balaban J connectivity index is 2.12. The molecule has 0 amide bonds. The standard InChI is InChI=1S/C16H25NO2S/c1-4-20(18,19)12-11-17-15-14-8-6-5-7-13(14)9-10-16(15,2)3/h5-8,15,17H,4,9-12H2,1-3H3. The molecule has 0 radical (unpaired) electrons. The van der Waals surface area contributed by atoms with Gasteiger partial charge < -0.3 is 5.32 Å². The van der Waals surface area contributed by atoms with Gasteiger partial charge in [0, 0.05) is 18.3 Å². The summed E-state index contributed by atoms with van der Waals surface area (Å²) in [6, 6.07) is 8.73. The van der Waals surface area contributed by atoms with Gasteiger partial charge in [0.15, 0.2) is 9.84 Å². The normalized spacial score (nSPS) is 21.4.